The van der Waals surface area contributed by atoms with Gasteiger partial charge < -0.3 is 10.3 Å². The number of nitrogens with one attached hydrogen (secondary N) is 2. The quantitative estimate of drug-likeness (QED) is 0.683. The number of H-pyrrole nitrogens is 1. The average molecular weight is 316 g/mol. The highest BCUT2D eigenvalue weighted by atomic mass is 16.1. The molecule has 3 nitrogen and oxygen atoms in total. The Labute approximate surface area is 141 Å². The minimum Gasteiger partial charge on any atom is -0.361 e. The molecule has 0 atom stereocenters. The smallest absolute Gasteiger partial charge is 0.244 e. The molecule has 2 N–H and O–H groups in total. The van der Waals surface area contributed by atoms with Crippen molar-refractivity contribution in [1.82, 2.24) is 10.3 Å². The lowest BCUT2D eigenvalue weighted by atomic mass is 10.00. The zero-order valence-corrected chi connectivity index (χ0v) is 13.7. The van der Waals surface area contributed by atoms with Crippen molar-refractivity contribution in [2.75, 3.05) is 0 Å². The first kappa shape index (κ1) is 14.8. The summed E-state index contributed by atoms with van der Waals surface area (Å²) in [5, 5.41) is 4.20. The molecule has 2 aromatic carbocycles. The third-order valence-electron chi connectivity index (χ3n) is 4.50. The predicted molar refractivity (Wildman–Crippen MR) is 98.6 cm³/mol. The van der Waals surface area contributed by atoms with E-state index in [9.17, 15) is 4.79 Å². The van der Waals surface area contributed by atoms with Gasteiger partial charge in [-0.3, -0.25) is 4.79 Å². The minimum absolute atomic E-state index is 0.0111. The Morgan fingerprint density at radius 3 is 2.58 bits per heavy atom. The van der Waals surface area contributed by atoms with Gasteiger partial charge in [0, 0.05) is 23.8 Å². The molecule has 0 spiro atoms. The Bertz CT molecular complexity index is 914. The van der Waals surface area contributed by atoms with Crippen molar-refractivity contribution in [3.8, 4) is 11.1 Å². The van der Waals surface area contributed by atoms with Crippen molar-refractivity contribution in [3.05, 3.63) is 66.4 Å². The van der Waals surface area contributed by atoms with Gasteiger partial charge in [-0.05, 0) is 65.6 Å². The van der Waals surface area contributed by atoms with Crippen LogP contribution in [0.5, 0.6) is 0 Å². The van der Waals surface area contributed by atoms with E-state index in [1.807, 2.05) is 13.1 Å². The second kappa shape index (κ2) is 6.00. The van der Waals surface area contributed by atoms with Crippen molar-refractivity contribution >= 4 is 22.4 Å². The molecule has 0 unspecified atom stereocenters. The lowest BCUT2D eigenvalue weighted by Gasteiger charge is -2.06. The van der Waals surface area contributed by atoms with Crippen molar-refractivity contribution in [2.45, 2.75) is 25.8 Å². The van der Waals surface area contributed by atoms with Crippen LogP contribution >= 0.6 is 0 Å². The molecule has 0 saturated heterocycles. The number of allylic oxidation sites excluding steroid dienone is 1. The van der Waals surface area contributed by atoms with E-state index >= 15 is 0 Å². The van der Waals surface area contributed by atoms with Crippen molar-refractivity contribution in [1.29, 1.82) is 0 Å². The number of aromatic nitrogens is 1. The second-order valence-corrected chi connectivity index (χ2v) is 6.47. The van der Waals surface area contributed by atoms with Crippen LogP contribution in [0.4, 0.5) is 0 Å². The first-order chi connectivity index (χ1) is 11.7. The first-order valence-corrected chi connectivity index (χ1v) is 8.36. The van der Waals surface area contributed by atoms with Crippen LogP contribution in [0.25, 0.3) is 27.6 Å². The SMILES string of the molecule is C/C(=C\C(=O)NC1CC1)c1ccc(-c2ccc3[nH]ccc3c2)cc1. The van der Waals surface area contributed by atoms with Gasteiger partial charge in [0.05, 0.1) is 0 Å². The maximum Gasteiger partial charge on any atom is 0.244 e. The van der Waals surface area contributed by atoms with Crippen molar-refractivity contribution in [3.63, 3.8) is 0 Å². The Balaban J connectivity index is 1.54. The summed E-state index contributed by atoms with van der Waals surface area (Å²) in [6.45, 7) is 1.98. The monoisotopic (exact) mass is 316 g/mol. The van der Waals surface area contributed by atoms with Gasteiger partial charge in [0.1, 0.15) is 0 Å². The average Bonchev–Trinajstić information content (AvgIpc) is 3.27. The number of carbonyl (C=O) groups is 1. The Hall–Kier alpha value is -2.81. The number of amides is 1. The van der Waals surface area contributed by atoms with Gasteiger partial charge in [0.2, 0.25) is 5.91 Å². The third-order valence-corrected chi connectivity index (χ3v) is 4.50. The van der Waals surface area contributed by atoms with Crippen LogP contribution in [0, 0.1) is 0 Å². The fraction of sp³-hybridized carbons (Fsp3) is 0.190. The Morgan fingerprint density at radius 2 is 1.83 bits per heavy atom. The fourth-order valence-electron chi connectivity index (χ4n) is 2.91. The maximum atomic E-state index is 11.9. The highest BCUT2D eigenvalue weighted by molar-refractivity contribution is 5.95. The predicted octanol–water partition coefficient (Wildman–Crippen LogP) is 4.52. The normalized spacial score (nSPS) is 14.8. The first-order valence-electron chi connectivity index (χ1n) is 8.36. The van der Waals surface area contributed by atoms with Crippen molar-refractivity contribution < 1.29 is 4.79 Å². The number of fused-ring (bicyclic) bond motifs is 1. The number of hydrogen-bond acceptors (Lipinski definition) is 1. The van der Waals surface area contributed by atoms with Gasteiger partial charge in [-0.2, -0.15) is 0 Å². The van der Waals surface area contributed by atoms with E-state index in [1.165, 1.54) is 16.5 Å². The molecule has 0 radical (unpaired) electrons. The van der Waals surface area contributed by atoms with Crippen LogP contribution in [0.2, 0.25) is 0 Å². The summed E-state index contributed by atoms with van der Waals surface area (Å²) in [6, 6.07) is 17.3. The van der Waals surface area contributed by atoms with E-state index in [-0.39, 0.29) is 5.91 Å². The Kier molecular flexibility index (Phi) is 3.69. The molecule has 0 aliphatic heterocycles. The number of hydrogen-bond donors (Lipinski definition) is 2. The van der Waals surface area contributed by atoms with E-state index in [0.29, 0.717) is 6.04 Å². The van der Waals surface area contributed by atoms with Crippen LogP contribution < -0.4 is 5.32 Å². The lowest BCUT2D eigenvalue weighted by molar-refractivity contribution is -0.116. The molecule has 1 amide bonds. The Morgan fingerprint density at radius 1 is 1.08 bits per heavy atom. The van der Waals surface area contributed by atoms with Crippen LogP contribution in [-0.4, -0.2) is 16.9 Å². The van der Waals surface area contributed by atoms with E-state index in [1.54, 1.807) is 6.08 Å². The van der Waals surface area contributed by atoms with Crippen LogP contribution in [0.1, 0.15) is 25.3 Å². The van der Waals surface area contributed by atoms with E-state index < -0.39 is 0 Å². The van der Waals surface area contributed by atoms with Crippen LogP contribution in [0.15, 0.2) is 60.8 Å². The van der Waals surface area contributed by atoms with Gasteiger partial charge in [-0.1, -0.05) is 30.3 Å². The van der Waals surface area contributed by atoms with E-state index in [0.717, 1.165) is 29.5 Å². The van der Waals surface area contributed by atoms with Crippen LogP contribution in [-0.2, 0) is 4.79 Å². The summed E-state index contributed by atoms with van der Waals surface area (Å²) in [5.74, 6) is 0.0111. The van der Waals surface area contributed by atoms with Crippen LogP contribution in [0.3, 0.4) is 0 Å². The fourth-order valence-corrected chi connectivity index (χ4v) is 2.91. The molecule has 3 heteroatoms. The topological polar surface area (TPSA) is 44.9 Å². The molecular formula is C21H20N2O. The molecule has 1 heterocycles. The molecule has 24 heavy (non-hydrogen) atoms. The van der Waals surface area contributed by atoms with Gasteiger partial charge in [-0.15, -0.1) is 0 Å². The number of benzene rings is 2. The third kappa shape index (κ3) is 3.11. The molecular weight excluding hydrogens is 296 g/mol. The summed E-state index contributed by atoms with van der Waals surface area (Å²) in [5.41, 5.74) is 5.59. The molecule has 1 aromatic heterocycles. The zero-order chi connectivity index (χ0) is 16.5. The molecule has 1 aliphatic rings. The van der Waals surface area contributed by atoms with E-state index in [2.05, 4.69) is 58.8 Å². The number of carbonyl (C=O) groups excluding carboxylic acids is 1. The summed E-state index contributed by atoms with van der Waals surface area (Å²) < 4.78 is 0. The standard InChI is InChI=1S/C21H20N2O/c1-14(12-21(24)23-19-7-8-19)15-2-4-16(5-3-15)17-6-9-20-18(13-17)10-11-22-20/h2-6,9-13,19,22H,7-8H2,1H3,(H,23,24)/b14-12+. The molecule has 1 saturated carbocycles. The molecule has 3 aromatic rings. The summed E-state index contributed by atoms with van der Waals surface area (Å²) >= 11 is 0. The summed E-state index contributed by atoms with van der Waals surface area (Å²) in [4.78, 5) is 15.1. The molecule has 0 bridgehead atoms. The molecule has 4 rings (SSSR count). The van der Waals surface area contributed by atoms with Gasteiger partial charge in [-0.25, -0.2) is 0 Å². The number of rotatable bonds is 4. The largest absolute Gasteiger partial charge is 0.361 e. The van der Waals surface area contributed by atoms with Gasteiger partial charge in [0.15, 0.2) is 0 Å². The van der Waals surface area contributed by atoms with Gasteiger partial charge in [0.25, 0.3) is 0 Å². The van der Waals surface area contributed by atoms with E-state index in [4.69, 9.17) is 0 Å². The molecule has 120 valence electrons. The maximum absolute atomic E-state index is 11.9. The second-order valence-electron chi connectivity index (χ2n) is 6.47. The van der Waals surface area contributed by atoms with Crippen molar-refractivity contribution in [2.24, 2.45) is 0 Å². The highest BCUT2D eigenvalue weighted by Crippen LogP contribution is 2.26. The number of aromatic amines is 1. The zero-order valence-electron chi connectivity index (χ0n) is 13.7. The summed E-state index contributed by atoms with van der Waals surface area (Å²) in [7, 11) is 0. The minimum atomic E-state index is 0.0111. The molecule has 1 fully saturated rings. The lowest BCUT2D eigenvalue weighted by Crippen LogP contribution is -2.23. The highest BCUT2D eigenvalue weighted by Gasteiger charge is 2.22. The summed E-state index contributed by atoms with van der Waals surface area (Å²) in [6.07, 6.45) is 5.87. The van der Waals surface area contributed by atoms with Gasteiger partial charge >= 0.3 is 0 Å². The molecule has 1 aliphatic carbocycles.